The topological polar surface area (TPSA) is 26.0 Å². The summed E-state index contributed by atoms with van der Waals surface area (Å²) in [6.45, 7) is 3.72. The highest BCUT2D eigenvalue weighted by Gasteiger charge is 2.20. The van der Waals surface area contributed by atoms with Gasteiger partial charge in [-0.3, -0.25) is 0 Å². The number of nitrogens with two attached hydrogens (primary N) is 1. The van der Waals surface area contributed by atoms with E-state index in [0.29, 0.717) is 11.3 Å². The normalized spacial score (nSPS) is 25.5. The van der Waals surface area contributed by atoms with Gasteiger partial charge in [0.2, 0.25) is 0 Å². The summed E-state index contributed by atoms with van der Waals surface area (Å²) in [5, 5.41) is 0.698. The maximum absolute atomic E-state index is 6.12. The number of hydrogen-bond acceptors (Lipinski definition) is 3. The summed E-state index contributed by atoms with van der Waals surface area (Å²) in [5.74, 6) is 3.84. The first kappa shape index (κ1) is 11.5. The first-order valence-corrected chi connectivity index (χ1v) is 7.10. The summed E-state index contributed by atoms with van der Waals surface area (Å²) >= 11 is 4.11. The lowest BCUT2D eigenvalue weighted by Gasteiger charge is -2.26. The van der Waals surface area contributed by atoms with E-state index in [0.717, 1.165) is 12.8 Å². The van der Waals surface area contributed by atoms with E-state index in [9.17, 15) is 0 Å². The van der Waals surface area contributed by atoms with Crippen LogP contribution >= 0.6 is 23.5 Å². The van der Waals surface area contributed by atoms with Crippen molar-refractivity contribution in [1.29, 1.82) is 0 Å². The molecule has 0 aromatic rings. The van der Waals surface area contributed by atoms with Crippen molar-refractivity contribution in [3.05, 3.63) is 12.7 Å². The Labute approximate surface area is 89.9 Å². The maximum Gasteiger partial charge on any atom is 0.0289 e. The van der Waals surface area contributed by atoms with Gasteiger partial charge in [0.1, 0.15) is 0 Å². The molecule has 1 fully saturated rings. The van der Waals surface area contributed by atoms with Crippen LogP contribution in [-0.2, 0) is 0 Å². The molecule has 13 heavy (non-hydrogen) atoms. The molecule has 0 amide bonds. The Hall–Kier alpha value is 0.400. The Kier molecular flexibility index (Phi) is 6.00. The second-order valence-electron chi connectivity index (χ2n) is 3.37. The monoisotopic (exact) mass is 217 g/mol. The van der Waals surface area contributed by atoms with Gasteiger partial charge in [0.15, 0.2) is 0 Å². The van der Waals surface area contributed by atoms with Crippen molar-refractivity contribution in [2.75, 3.05) is 17.3 Å². The number of rotatable bonds is 5. The molecule has 1 saturated heterocycles. The number of unbranched alkanes of at least 4 members (excludes halogenated alkanes) is 1. The third-order valence-corrected chi connectivity index (χ3v) is 5.21. The fourth-order valence-corrected chi connectivity index (χ4v) is 4.30. The first-order chi connectivity index (χ1) is 6.34. The van der Waals surface area contributed by atoms with Crippen molar-refractivity contribution in [3.63, 3.8) is 0 Å². The van der Waals surface area contributed by atoms with Gasteiger partial charge in [-0.2, -0.15) is 23.5 Å². The number of thioether (sulfide) groups is 2. The van der Waals surface area contributed by atoms with Crippen LogP contribution in [0.4, 0.5) is 0 Å². The Morgan fingerprint density at radius 2 is 2.38 bits per heavy atom. The molecule has 1 nitrogen and oxygen atoms in total. The molecule has 0 aromatic carbocycles. The molecule has 0 bridgehead atoms. The van der Waals surface area contributed by atoms with Crippen LogP contribution in [0.3, 0.4) is 0 Å². The van der Waals surface area contributed by atoms with Gasteiger partial charge in [0.05, 0.1) is 0 Å². The highest BCUT2D eigenvalue weighted by molar-refractivity contribution is 8.06. The molecule has 76 valence electrons. The SMILES string of the molecule is C=CCCCC(N)C1CSCCS1. The standard InChI is InChI=1S/C10H19NS2/c1-2-3-4-5-9(11)10-8-12-6-7-13-10/h2,9-10H,1,3-8,11H2. The van der Waals surface area contributed by atoms with Crippen molar-refractivity contribution < 1.29 is 0 Å². The average molecular weight is 217 g/mol. The van der Waals surface area contributed by atoms with Crippen molar-refractivity contribution >= 4 is 23.5 Å². The average Bonchev–Trinajstić information content (AvgIpc) is 2.19. The molecule has 2 atom stereocenters. The third kappa shape index (κ3) is 4.43. The molecule has 3 heteroatoms. The minimum Gasteiger partial charge on any atom is -0.327 e. The molecular formula is C10H19NS2. The van der Waals surface area contributed by atoms with Crippen LogP contribution in [0, 0.1) is 0 Å². The summed E-state index contributed by atoms with van der Waals surface area (Å²) in [6, 6.07) is 0.401. The van der Waals surface area contributed by atoms with E-state index in [1.807, 2.05) is 17.8 Å². The van der Waals surface area contributed by atoms with Crippen LogP contribution in [0.5, 0.6) is 0 Å². The van der Waals surface area contributed by atoms with E-state index in [-0.39, 0.29) is 0 Å². The molecule has 1 aliphatic rings. The second kappa shape index (κ2) is 6.80. The molecule has 1 rings (SSSR count). The van der Waals surface area contributed by atoms with Gasteiger partial charge in [-0.15, -0.1) is 6.58 Å². The van der Waals surface area contributed by atoms with E-state index >= 15 is 0 Å². The molecule has 0 saturated carbocycles. The van der Waals surface area contributed by atoms with E-state index in [1.54, 1.807) is 0 Å². The quantitative estimate of drug-likeness (QED) is 0.566. The molecule has 0 aliphatic carbocycles. The second-order valence-corrected chi connectivity index (χ2v) is 5.86. The van der Waals surface area contributed by atoms with Crippen molar-refractivity contribution in [1.82, 2.24) is 0 Å². The summed E-state index contributed by atoms with van der Waals surface area (Å²) in [6.07, 6.45) is 5.45. The highest BCUT2D eigenvalue weighted by atomic mass is 32.2. The third-order valence-electron chi connectivity index (χ3n) is 2.26. The zero-order valence-corrected chi connectivity index (χ0v) is 9.71. The largest absolute Gasteiger partial charge is 0.327 e. The van der Waals surface area contributed by atoms with E-state index in [4.69, 9.17) is 5.73 Å². The van der Waals surface area contributed by atoms with Gasteiger partial charge < -0.3 is 5.73 Å². The van der Waals surface area contributed by atoms with Crippen LogP contribution in [0.1, 0.15) is 19.3 Å². The molecule has 0 spiro atoms. The fraction of sp³-hybridized carbons (Fsp3) is 0.800. The Balaban J connectivity index is 2.13. The van der Waals surface area contributed by atoms with Gasteiger partial charge in [-0.05, 0) is 19.3 Å². The summed E-state index contributed by atoms with van der Waals surface area (Å²) in [4.78, 5) is 0. The Morgan fingerprint density at radius 1 is 1.54 bits per heavy atom. The zero-order chi connectivity index (χ0) is 9.52. The van der Waals surface area contributed by atoms with Crippen LogP contribution in [0.25, 0.3) is 0 Å². The van der Waals surface area contributed by atoms with E-state index in [1.165, 1.54) is 23.7 Å². The van der Waals surface area contributed by atoms with Crippen molar-refractivity contribution in [3.8, 4) is 0 Å². The van der Waals surface area contributed by atoms with Gasteiger partial charge in [-0.1, -0.05) is 6.08 Å². The van der Waals surface area contributed by atoms with Crippen LogP contribution < -0.4 is 5.73 Å². The van der Waals surface area contributed by atoms with E-state index in [2.05, 4.69) is 18.3 Å². The molecule has 2 unspecified atom stereocenters. The molecule has 0 aromatic heterocycles. The molecule has 0 radical (unpaired) electrons. The first-order valence-electron chi connectivity index (χ1n) is 4.90. The van der Waals surface area contributed by atoms with Gasteiger partial charge in [0.25, 0.3) is 0 Å². The summed E-state index contributed by atoms with van der Waals surface area (Å²) in [7, 11) is 0. The predicted octanol–water partition coefficient (Wildman–Crippen LogP) is 2.52. The molecule has 1 aliphatic heterocycles. The van der Waals surface area contributed by atoms with Crippen molar-refractivity contribution in [2.24, 2.45) is 5.73 Å². The molecule has 1 heterocycles. The van der Waals surface area contributed by atoms with Crippen LogP contribution in [0.15, 0.2) is 12.7 Å². The summed E-state index contributed by atoms with van der Waals surface area (Å²) in [5.41, 5.74) is 6.12. The van der Waals surface area contributed by atoms with E-state index < -0.39 is 0 Å². The minimum absolute atomic E-state index is 0.401. The Bertz CT molecular complexity index is 144. The van der Waals surface area contributed by atoms with Crippen LogP contribution in [0.2, 0.25) is 0 Å². The van der Waals surface area contributed by atoms with Gasteiger partial charge in [-0.25, -0.2) is 0 Å². The van der Waals surface area contributed by atoms with Crippen LogP contribution in [-0.4, -0.2) is 28.6 Å². The molecule has 2 N–H and O–H groups in total. The lowest BCUT2D eigenvalue weighted by atomic mass is 10.1. The predicted molar refractivity (Wildman–Crippen MR) is 65.6 cm³/mol. The molecular weight excluding hydrogens is 198 g/mol. The Morgan fingerprint density at radius 3 is 3.00 bits per heavy atom. The lowest BCUT2D eigenvalue weighted by molar-refractivity contribution is 0.585. The lowest BCUT2D eigenvalue weighted by Crippen LogP contribution is -2.36. The fourth-order valence-electron chi connectivity index (χ4n) is 1.44. The maximum atomic E-state index is 6.12. The van der Waals surface area contributed by atoms with Crippen molar-refractivity contribution in [2.45, 2.75) is 30.6 Å². The zero-order valence-electron chi connectivity index (χ0n) is 8.08. The number of allylic oxidation sites excluding steroid dienone is 1. The summed E-state index contributed by atoms with van der Waals surface area (Å²) < 4.78 is 0. The minimum atomic E-state index is 0.401. The van der Waals surface area contributed by atoms with Gasteiger partial charge >= 0.3 is 0 Å². The number of hydrogen-bond donors (Lipinski definition) is 1. The smallest absolute Gasteiger partial charge is 0.0289 e. The van der Waals surface area contributed by atoms with Gasteiger partial charge in [0, 0.05) is 28.6 Å². The highest BCUT2D eigenvalue weighted by Crippen LogP contribution is 2.27.